The molecular formula is C28H28N4O2S. The molecule has 0 N–H and O–H groups in total. The molecule has 1 aromatic heterocycles. The summed E-state index contributed by atoms with van der Waals surface area (Å²) in [6.07, 6.45) is 1.97. The minimum atomic E-state index is 0.00831. The monoisotopic (exact) mass is 484 g/mol. The molecule has 0 unspecified atom stereocenters. The van der Waals surface area contributed by atoms with Crippen LogP contribution in [0.3, 0.4) is 0 Å². The zero-order chi connectivity index (χ0) is 24.9. The number of aliphatic imine (C=N–C) groups is 1. The van der Waals surface area contributed by atoms with Gasteiger partial charge in [-0.3, -0.25) is 14.7 Å². The number of carbonyl (C=O) groups is 1. The van der Waals surface area contributed by atoms with Crippen LogP contribution in [0.25, 0.3) is 11.8 Å². The molecule has 0 saturated carbocycles. The van der Waals surface area contributed by atoms with E-state index < -0.39 is 0 Å². The number of aryl methyl sites for hydroxylation is 1. The van der Waals surface area contributed by atoms with Crippen LogP contribution in [0.15, 0.2) is 64.5 Å². The molecule has 1 amide bonds. The van der Waals surface area contributed by atoms with E-state index in [0.717, 1.165) is 39.1 Å². The first-order valence-electron chi connectivity index (χ1n) is 11.6. The number of amides is 1. The predicted octanol–water partition coefficient (Wildman–Crippen LogP) is 5.86. The fourth-order valence-electron chi connectivity index (χ4n) is 4.12. The lowest BCUT2D eigenvalue weighted by atomic mass is 10.1. The van der Waals surface area contributed by atoms with Crippen molar-refractivity contribution >= 4 is 28.9 Å². The quantitative estimate of drug-likeness (QED) is 0.394. The van der Waals surface area contributed by atoms with Gasteiger partial charge in [-0.15, -0.1) is 0 Å². The molecule has 0 bridgehead atoms. The van der Waals surface area contributed by atoms with Crippen LogP contribution in [0.2, 0.25) is 0 Å². The van der Waals surface area contributed by atoms with Crippen LogP contribution in [-0.2, 0) is 11.4 Å². The van der Waals surface area contributed by atoms with E-state index in [1.165, 1.54) is 11.8 Å². The summed E-state index contributed by atoms with van der Waals surface area (Å²) in [6.45, 7) is 9.66. The lowest BCUT2D eigenvalue weighted by Gasteiger charge is -2.12. The molecule has 178 valence electrons. The summed E-state index contributed by atoms with van der Waals surface area (Å²) < 4.78 is 8.09. The van der Waals surface area contributed by atoms with Crippen molar-refractivity contribution in [1.29, 1.82) is 5.26 Å². The molecule has 0 radical (unpaired) electrons. The molecule has 1 saturated heterocycles. The first-order valence-corrected chi connectivity index (χ1v) is 12.4. The molecule has 35 heavy (non-hydrogen) atoms. The second-order valence-corrected chi connectivity index (χ2v) is 9.14. The summed E-state index contributed by atoms with van der Waals surface area (Å²) in [5.41, 5.74) is 5.66. The van der Waals surface area contributed by atoms with Crippen molar-refractivity contribution in [2.24, 2.45) is 4.99 Å². The van der Waals surface area contributed by atoms with Gasteiger partial charge in [-0.05, 0) is 87.5 Å². The number of likely N-dealkylation sites (N-methyl/N-ethyl adjacent to an activating group) is 1. The first kappa shape index (κ1) is 24.4. The molecule has 2 aromatic carbocycles. The third-order valence-electron chi connectivity index (χ3n) is 5.88. The van der Waals surface area contributed by atoms with Crippen LogP contribution in [0.5, 0.6) is 5.75 Å². The van der Waals surface area contributed by atoms with Gasteiger partial charge in [0.15, 0.2) is 5.17 Å². The highest BCUT2D eigenvalue weighted by Crippen LogP contribution is 2.34. The fourth-order valence-corrected chi connectivity index (χ4v) is 5.22. The predicted molar refractivity (Wildman–Crippen MR) is 142 cm³/mol. The summed E-state index contributed by atoms with van der Waals surface area (Å²) >= 11 is 1.44. The third-order valence-corrected chi connectivity index (χ3v) is 6.93. The molecule has 1 aliphatic heterocycles. The molecule has 7 heteroatoms. The largest absolute Gasteiger partial charge is 0.489 e. The maximum atomic E-state index is 12.9. The van der Waals surface area contributed by atoms with E-state index in [2.05, 4.69) is 35.5 Å². The number of thioether (sulfide) groups is 1. The molecule has 3 aromatic rings. The van der Waals surface area contributed by atoms with Gasteiger partial charge >= 0.3 is 0 Å². The Balaban J connectivity index is 1.54. The van der Waals surface area contributed by atoms with E-state index in [4.69, 9.17) is 4.74 Å². The maximum Gasteiger partial charge on any atom is 0.266 e. The van der Waals surface area contributed by atoms with Gasteiger partial charge in [0.2, 0.25) is 0 Å². The molecule has 6 nitrogen and oxygen atoms in total. The Morgan fingerprint density at radius 3 is 2.54 bits per heavy atom. The zero-order valence-electron chi connectivity index (χ0n) is 20.4. The van der Waals surface area contributed by atoms with Gasteiger partial charge in [0.05, 0.1) is 16.5 Å². The van der Waals surface area contributed by atoms with E-state index >= 15 is 0 Å². The number of nitrogens with zero attached hydrogens (tertiary/aromatic N) is 4. The lowest BCUT2D eigenvalue weighted by molar-refractivity contribution is -0.122. The standard InChI is InChI=1S/C28H28N4O2S/c1-5-30-28-31(6-2)27(33)26(35-28)16-23-15-19(3)32(20(23)4)24-11-13-25(14-12-24)34-18-22-10-8-7-9-21(22)17-29/h7-16H,5-6,18H2,1-4H3/b26-16+,30-28?. The van der Waals surface area contributed by atoms with Crippen molar-refractivity contribution in [2.45, 2.75) is 34.3 Å². The lowest BCUT2D eigenvalue weighted by Crippen LogP contribution is -2.28. The highest BCUT2D eigenvalue weighted by Gasteiger charge is 2.32. The number of carbonyl (C=O) groups excluding carboxylic acids is 1. The van der Waals surface area contributed by atoms with Crippen molar-refractivity contribution in [3.8, 4) is 17.5 Å². The van der Waals surface area contributed by atoms with Crippen molar-refractivity contribution < 1.29 is 9.53 Å². The van der Waals surface area contributed by atoms with E-state index in [1.807, 2.05) is 62.4 Å². The number of amidine groups is 1. The smallest absolute Gasteiger partial charge is 0.266 e. The van der Waals surface area contributed by atoms with Crippen LogP contribution in [0, 0.1) is 25.2 Å². The van der Waals surface area contributed by atoms with Crippen molar-refractivity contribution in [2.75, 3.05) is 13.1 Å². The summed E-state index contributed by atoms with van der Waals surface area (Å²) in [7, 11) is 0. The van der Waals surface area contributed by atoms with Crippen molar-refractivity contribution in [1.82, 2.24) is 9.47 Å². The number of ether oxygens (including phenoxy) is 1. The summed E-state index contributed by atoms with van der Waals surface area (Å²) in [5, 5.41) is 10.0. The Labute approximate surface area is 210 Å². The van der Waals surface area contributed by atoms with Gasteiger partial charge in [-0.1, -0.05) is 18.2 Å². The Hall–Kier alpha value is -3.76. The van der Waals surface area contributed by atoms with Crippen LogP contribution < -0.4 is 4.74 Å². The maximum absolute atomic E-state index is 12.9. The second-order valence-electron chi connectivity index (χ2n) is 8.13. The number of hydrogen-bond donors (Lipinski definition) is 0. The van der Waals surface area contributed by atoms with Crippen LogP contribution in [0.1, 0.15) is 41.9 Å². The first-order chi connectivity index (χ1) is 17.0. The number of hydrogen-bond acceptors (Lipinski definition) is 5. The summed E-state index contributed by atoms with van der Waals surface area (Å²) in [5.74, 6) is 0.746. The fraction of sp³-hybridized carbons (Fsp3) is 0.250. The summed E-state index contributed by atoms with van der Waals surface area (Å²) in [6, 6.07) is 19.7. The number of nitriles is 1. The van der Waals surface area contributed by atoms with Gasteiger partial charge in [0.25, 0.3) is 5.91 Å². The summed E-state index contributed by atoms with van der Waals surface area (Å²) in [4.78, 5) is 19.8. The number of aromatic nitrogens is 1. The average Bonchev–Trinajstić information content (AvgIpc) is 3.32. The van der Waals surface area contributed by atoms with Crippen LogP contribution in [0.4, 0.5) is 0 Å². The molecule has 1 fully saturated rings. The minimum Gasteiger partial charge on any atom is -0.489 e. The molecular weight excluding hydrogens is 456 g/mol. The molecule has 0 aliphatic carbocycles. The highest BCUT2D eigenvalue weighted by molar-refractivity contribution is 8.18. The highest BCUT2D eigenvalue weighted by atomic mass is 32.2. The SMILES string of the molecule is CCN=C1S/C(=C/c2cc(C)n(-c3ccc(OCc4ccccc4C#N)cc3)c2C)C(=O)N1CC. The van der Waals surface area contributed by atoms with E-state index in [0.29, 0.717) is 30.2 Å². The van der Waals surface area contributed by atoms with Gasteiger partial charge in [0.1, 0.15) is 12.4 Å². The van der Waals surface area contributed by atoms with Crippen LogP contribution in [-0.4, -0.2) is 33.6 Å². The van der Waals surface area contributed by atoms with Gasteiger partial charge < -0.3 is 9.30 Å². The Morgan fingerprint density at radius 1 is 1.11 bits per heavy atom. The minimum absolute atomic E-state index is 0.00831. The van der Waals surface area contributed by atoms with E-state index in [1.54, 1.807) is 11.0 Å². The average molecular weight is 485 g/mol. The molecule has 1 aliphatic rings. The van der Waals surface area contributed by atoms with E-state index in [-0.39, 0.29) is 5.91 Å². The van der Waals surface area contributed by atoms with Crippen molar-refractivity contribution in [3.63, 3.8) is 0 Å². The molecule has 0 spiro atoms. The number of rotatable bonds is 7. The van der Waals surface area contributed by atoms with Gasteiger partial charge in [-0.2, -0.15) is 5.26 Å². The van der Waals surface area contributed by atoms with Gasteiger partial charge in [-0.25, -0.2) is 0 Å². The number of benzene rings is 2. The van der Waals surface area contributed by atoms with Crippen LogP contribution >= 0.6 is 11.8 Å². The molecule has 0 atom stereocenters. The molecule has 4 rings (SSSR count). The Bertz CT molecular complexity index is 1350. The zero-order valence-corrected chi connectivity index (χ0v) is 21.2. The Kier molecular flexibility index (Phi) is 7.42. The topological polar surface area (TPSA) is 70.6 Å². The third kappa shape index (κ3) is 5.03. The normalized spacial score (nSPS) is 15.7. The van der Waals surface area contributed by atoms with Crippen molar-refractivity contribution in [3.05, 3.63) is 87.6 Å². The molecule has 2 heterocycles. The van der Waals surface area contributed by atoms with Gasteiger partial charge in [0, 0.05) is 35.7 Å². The second kappa shape index (κ2) is 10.7. The Morgan fingerprint density at radius 2 is 1.86 bits per heavy atom. The van der Waals surface area contributed by atoms with E-state index in [9.17, 15) is 10.1 Å².